The number of aromatic hydroxyl groups is 1. The van der Waals surface area contributed by atoms with Gasteiger partial charge in [0.1, 0.15) is 0 Å². The molecule has 3 heteroatoms. The van der Waals surface area contributed by atoms with Gasteiger partial charge in [-0.1, -0.05) is 12.1 Å². The second kappa shape index (κ2) is 4.14. The Kier molecular flexibility index (Phi) is 3.14. The van der Waals surface area contributed by atoms with Gasteiger partial charge in [-0.2, -0.15) is 0 Å². The quantitative estimate of drug-likeness (QED) is 0.741. The molecule has 0 aliphatic carbocycles. The van der Waals surface area contributed by atoms with Crippen molar-refractivity contribution in [2.75, 3.05) is 7.11 Å². The smallest absolute Gasteiger partial charge is 0.163 e. The van der Waals surface area contributed by atoms with E-state index in [0.717, 1.165) is 5.56 Å². The summed E-state index contributed by atoms with van der Waals surface area (Å²) in [6.45, 7) is 1.70. The lowest BCUT2D eigenvalue weighted by Crippen LogP contribution is -2.05. The highest BCUT2D eigenvalue weighted by molar-refractivity contribution is 5.45. The Morgan fingerprint density at radius 1 is 1.46 bits per heavy atom. The molecule has 0 amide bonds. The van der Waals surface area contributed by atoms with Gasteiger partial charge in [-0.3, -0.25) is 0 Å². The molecular weight excluding hydrogens is 168 g/mol. The summed E-state index contributed by atoms with van der Waals surface area (Å²) in [5, 5.41) is 18.6. The molecule has 0 radical (unpaired) electrons. The van der Waals surface area contributed by atoms with Crippen molar-refractivity contribution < 1.29 is 14.9 Å². The summed E-state index contributed by atoms with van der Waals surface area (Å²) in [6.07, 6.45) is 0.0492. The lowest BCUT2D eigenvalue weighted by Gasteiger charge is -2.10. The number of hydrogen-bond donors (Lipinski definition) is 2. The molecule has 0 aliphatic rings. The average molecular weight is 182 g/mol. The van der Waals surface area contributed by atoms with Gasteiger partial charge in [-0.15, -0.1) is 0 Å². The highest BCUT2D eigenvalue weighted by Gasteiger charge is 2.09. The van der Waals surface area contributed by atoms with Crippen molar-refractivity contribution in [1.29, 1.82) is 0 Å². The molecule has 1 aromatic rings. The Bertz CT molecular complexity index is 281. The maximum absolute atomic E-state index is 9.40. The maximum Gasteiger partial charge on any atom is 0.163 e. The van der Waals surface area contributed by atoms with E-state index in [4.69, 9.17) is 4.74 Å². The third-order valence-electron chi connectivity index (χ3n) is 1.80. The number of aliphatic hydroxyl groups excluding tert-OH is 1. The largest absolute Gasteiger partial charge is 0.504 e. The third-order valence-corrected chi connectivity index (χ3v) is 1.80. The first-order valence-electron chi connectivity index (χ1n) is 4.18. The molecular formula is C10H14O3. The van der Waals surface area contributed by atoms with E-state index >= 15 is 0 Å². The predicted molar refractivity (Wildman–Crippen MR) is 50.0 cm³/mol. The van der Waals surface area contributed by atoms with Crippen LogP contribution in [-0.4, -0.2) is 23.4 Å². The minimum Gasteiger partial charge on any atom is -0.504 e. The monoisotopic (exact) mass is 182 g/mol. The van der Waals surface area contributed by atoms with Crippen LogP contribution >= 0.6 is 0 Å². The summed E-state index contributed by atoms with van der Waals surface area (Å²) in [7, 11) is 1.50. The van der Waals surface area contributed by atoms with E-state index in [1.165, 1.54) is 7.11 Å². The third kappa shape index (κ3) is 2.36. The number of rotatable bonds is 3. The number of ether oxygens (including phenoxy) is 1. The molecule has 1 atom stereocenters. The summed E-state index contributed by atoms with van der Waals surface area (Å²) >= 11 is 0. The van der Waals surface area contributed by atoms with Crippen molar-refractivity contribution in [2.24, 2.45) is 0 Å². The van der Waals surface area contributed by atoms with Crippen LogP contribution in [0.2, 0.25) is 0 Å². The molecule has 0 aromatic heterocycles. The van der Waals surface area contributed by atoms with E-state index in [-0.39, 0.29) is 5.75 Å². The van der Waals surface area contributed by atoms with Crippen LogP contribution in [0.1, 0.15) is 12.5 Å². The molecule has 1 aromatic carbocycles. The first-order chi connectivity index (χ1) is 6.15. The van der Waals surface area contributed by atoms with E-state index in [9.17, 15) is 10.2 Å². The van der Waals surface area contributed by atoms with Crippen molar-refractivity contribution in [3.63, 3.8) is 0 Å². The number of benzene rings is 1. The van der Waals surface area contributed by atoms with Crippen LogP contribution < -0.4 is 4.74 Å². The summed E-state index contributed by atoms with van der Waals surface area (Å²) in [5.41, 5.74) is 0.817. The lowest BCUT2D eigenvalue weighted by atomic mass is 10.1. The maximum atomic E-state index is 9.40. The van der Waals surface area contributed by atoms with Crippen LogP contribution in [0.3, 0.4) is 0 Å². The number of aliphatic hydroxyl groups is 1. The number of para-hydroxylation sites is 1. The normalized spacial score (nSPS) is 12.5. The van der Waals surface area contributed by atoms with E-state index in [1.54, 1.807) is 19.1 Å². The fraction of sp³-hybridized carbons (Fsp3) is 0.400. The molecule has 72 valence electrons. The molecule has 0 saturated carbocycles. The van der Waals surface area contributed by atoms with E-state index < -0.39 is 6.10 Å². The molecule has 0 saturated heterocycles. The molecule has 2 N–H and O–H groups in total. The zero-order valence-corrected chi connectivity index (χ0v) is 7.82. The number of phenols is 1. The molecule has 13 heavy (non-hydrogen) atoms. The topological polar surface area (TPSA) is 49.7 Å². The highest BCUT2D eigenvalue weighted by atomic mass is 16.5. The van der Waals surface area contributed by atoms with Gasteiger partial charge in [0, 0.05) is 12.0 Å². The van der Waals surface area contributed by atoms with E-state index in [1.807, 2.05) is 6.07 Å². The van der Waals surface area contributed by atoms with Gasteiger partial charge in [-0.25, -0.2) is 0 Å². The van der Waals surface area contributed by atoms with Gasteiger partial charge in [-0.05, 0) is 13.0 Å². The molecule has 1 unspecified atom stereocenters. The summed E-state index contributed by atoms with van der Waals surface area (Å²) in [5.74, 6) is 0.559. The van der Waals surface area contributed by atoms with Crippen LogP contribution in [0.4, 0.5) is 0 Å². The van der Waals surface area contributed by atoms with Crippen LogP contribution in [0.5, 0.6) is 11.5 Å². The second-order valence-corrected chi connectivity index (χ2v) is 3.02. The Labute approximate surface area is 77.6 Å². The van der Waals surface area contributed by atoms with Crippen molar-refractivity contribution in [3.05, 3.63) is 23.8 Å². The van der Waals surface area contributed by atoms with Crippen LogP contribution in [0.15, 0.2) is 18.2 Å². The molecule has 3 nitrogen and oxygen atoms in total. The highest BCUT2D eigenvalue weighted by Crippen LogP contribution is 2.30. The van der Waals surface area contributed by atoms with Crippen molar-refractivity contribution in [2.45, 2.75) is 19.4 Å². The van der Waals surface area contributed by atoms with Gasteiger partial charge in [0.25, 0.3) is 0 Å². The standard InChI is InChI=1S/C10H14O3/c1-7(11)6-8-4-3-5-9(12)10(8)13-2/h3-5,7,11-12H,6H2,1-2H3. The van der Waals surface area contributed by atoms with Gasteiger partial charge in [0.2, 0.25) is 0 Å². The second-order valence-electron chi connectivity index (χ2n) is 3.02. The van der Waals surface area contributed by atoms with Gasteiger partial charge in [0.05, 0.1) is 13.2 Å². The predicted octanol–water partition coefficient (Wildman–Crippen LogP) is 1.32. The number of phenolic OH excluding ortho intramolecular Hbond substituents is 1. The number of hydrogen-bond acceptors (Lipinski definition) is 3. The minimum atomic E-state index is -0.435. The van der Waals surface area contributed by atoms with Gasteiger partial charge < -0.3 is 14.9 Å². The number of methoxy groups -OCH3 is 1. The average Bonchev–Trinajstić information content (AvgIpc) is 2.03. The van der Waals surface area contributed by atoms with Gasteiger partial charge >= 0.3 is 0 Å². The molecule has 1 rings (SSSR count). The van der Waals surface area contributed by atoms with Crippen LogP contribution in [0.25, 0.3) is 0 Å². The molecule has 0 aliphatic heterocycles. The van der Waals surface area contributed by atoms with Crippen molar-refractivity contribution >= 4 is 0 Å². The molecule has 0 fully saturated rings. The fourth-order valence-electron chi connectivity index (χ4n) is 1.29. The molecule has 0 heterocycles. The Morgan fingerprint density at radius 3 is 2.69 bits per heavy atom. The van der Waals surface area contributed by atoms with E-state index in [0.29, 0.717) is 12.2 Å². The molecule has 0 bridgehead atoms. The summed E-state index contributed by atoms with van der Waals surface area (Å²) in [6, 6.07) is 5.12. The SMILES string of the molecule is COc1c(O)cccc1CC(C)O. The minimum absolute atomic E-state index is 0.112. The van der Waals surface area contributed by atoms with Crippen LogP contribution in [0, 0.1) is 0 Å². The Balaban J connectivity index is 2.98. The van der Waals surface area contributed by atoms with E-state index in [2.05, 4.69) is 0 Å². The summed E-state index contributed by atoms with van der Waals surface area (Å²) in [4.78, 5) is 0. The Hall–Kier alpha value is -1.22. The molecule has 0 spiro atoms. The zero-order chi connectivity index (χ0) is 9.84. The van der Waals surface area contributed by atoms with Crippen LogP contribution in [-0.2, 0) is 6.42 Å². The van der Waals surface area contributed by atoms with Gasteiger partial charge in [0.15, 0.2) is 11.5 Å². The van der Waals surface area contributed by atoms with Crippen molar-refractivity contribution in [1.82, 2.24) is 0 Å². The Morgan fingerprint density at radius 2 is 2.15 bits per heavy atom. The first-order valence-corrected chi connectivity index (χ1v) is 4.18. The zero-order valence-electron chi connectivity index (χ0n) is 7.82. The lowest BCUT2D eigenvalue weighted by molar-refractivity contribution is 0.194. The fourth-order valence-corrected chi connectivity index (χ4v) is 1.29. The summed E-state index contributed by atoms with van der Waals surface area (Å²) < 4.78 is 5.02. The van der Waals surface area contributed by atoms with Crippen molar-refractivity contribution in [3.8, 4) is 11.5 Å². The first kappa shape index (κ1) is 9.86.